The molecule has 0 aromatic carbocycles. The Hall–Kier alpha value is -1.39. The van der Waals surface area contributed by atoms with Crippen molar-refractivity contribution >= 4 is 5.69 Å². The molecule has 8 heavy (non-hydrogen) atoms. The van der Waals surface area contributed by atoms with Crippen molar-refractivity contribution in [1.82, 2.24) is 5.16 Å². The lowest BCUT2D eigenvalue weighted by Crippen LogP contribution is -1.87. The summed E-state index contributed by atoms with van der Waals surface area (Å²) >= 11 is 0. The minimum atomic E-state index is -0.611. The van der Waals surface area contributed by atoms with Gasteiger partial charge in [-0.1, -0.05) is 0 Å². The van der Waals surface area contributed by atoms with Crippen LogP contribution in [0.15, 0.2) is 20.6 Å². The minimum absolute atomic E-state index is 0.00926. The van der Waals surface area contributed by atoms with E-state index in [0.29, 0.717) is 0 Å². The maximum Gasteiger partial charge on any atom is 0.384 e. The van der Waals surface area contributed by atoms with Crippen molar-refractivity contribution < 1.29 is 4.52 Å². The Kier molecular flexibility index (Phi) is 0.957. The molecular weight excluding hydrogens is 110 g/mol. The molecule has 1 heterocycles. The molecule has 0 fully saturated rings. The van der Waals surface area contributed by atoms with Gasteiger partial charge in [0.05, 0.1) is 6.20 Å². The molecule has 0 aliphatic heterocycles. The van der Waals surface area contributed by atoms with Crippen LogP contribution in [0.3, 0.4) is 0 Å². The van der Waals surface area contributed by atoms with Crippen molar-refractivity contribution in [3.63, 3.8) is 0 Å². The van der Waals surface area contributed by atoms with E-state index in [1.165, 1.54) is 6.20 Å². The van der Waals surface area contributed by atoms with Gasteiger partial charge in [0.2, 0.25) is 0 Å². The van der Waals surface area contributed by atoms with E-state index >= 15 is 0 Å². The molecule has 0 amide bonds. The van der Waals surface area contributed by atoms with E-state index in [1.807, 2.05) is 0 Å². The Balaban J connectivity index is 3.30. The monoisotopic (exact) mass is 113 g/mol. The van der Waals surface area contributed by atoms with Crippen molar-refractivity contribution in [3.05, 3.63) is 16.6 Å². The number of nitrogens with zero attached hydrogens (tertiary/aromatic N) is 1. The highest BCUT2D eigenvalue weighted by atomic mass is 16.5. The van der Waals surface area contributed by atoms with Crippen molar-refractivity contribution in [1.29, 1.82) is 5.53 Å². The largest absolute Gasteiger partial charge is 0.384 e. The van der Waals surface area contributed by atoms with E-state index in [9.17, 15) is 4.79 Å². The van der Waals surface area contributed by atoms with Crippen LogP contribution in [0.4, 0.5) is 5.69 Å². The first-order valence-electron chi connectivity index (χ1n) is 1.89. The predicted molar refractivity (Wildman–Crippen MR) is 24.1 cm³/mol. The van der Waals surface area contributed by atoms with Gasteiger partial charge in [-0.05, 0) is 0 Å². The Morgan fingerprint density at radius 3 is 2.88 bits per heavy atom. The second-order valence-corrected chi connectivity index (χ2v) is 1.15. The van der Waals surface area contributed by atoms with Crippen molar-refractivity contribution in [2.24, 2.45) is 5.11 Å². The molecule has 1 rings (SSSR count). The molecule has 0 radical (unpaired) electrons. The summed E-state index contributed by atoms with van der Waals surface area (Å²) < 4.78 is 4.16. The van der Waals surface area contributed by atoms with Crippen molar-refractivity contribution in [3.8, 4) is 0 Å². The van der Waals surface area contributed by atoms with Crippen LogP contribution in [0.5, 0.6) is 0 Å². The molecule has 2 N–H and O–H groups in total. The second-order valence-electron chi connectivity index (χ2n) is 1.15. The molecule has 0 saturated carbocycles. The van der Waals surface area contributed by atoms with Gasteiger partial charge >= 0.3 is 5.63 Å². The van der Waals surface area contributed by atoms with Gasteiger partial charge in [-0.2, -0.15) is 0 Å². The minimum Gasteiger partial charge on any atom is -0.337 e. The van der Waals surface area contributed by atoms with Crippen LogP contribution in [0.2, 0.25) is 0 Å². The molecule has 0 atom stereocenters. The Bertz CT molecular complexity index is 235. The fourth-order valence-corrected chi connectivity index (χ4v) is 0.328. The first kappa shape index (κ1) is 4.76. The first-order valence-corrected chi connectivity index (χ1v) is 1.89. The highest BCUT2D eigenvalue weighted by Crippen LogP contribution is 1.97. The highest BCUT2D eigenvalue weighted by Gasteiger charge is 1.95. The zero-order valence-corrected chi connectivity index (χ0v) is 3.84. The standard InChI is InChI=1S/C3H3N3O2/c4-6-2-1-5-8-3(2)7/h1,4-5H. The Labute approximate surface area is 43.8 Å². The molecular formula is C3H3N3O2. The van der Waals surface area contributed by atoms with Gasteiger partial charge in [0.15, 0.2) is 5.69 Å². The van der Waals surface area contributed by atoms with E-state index in [-0.39, 0.29) is 5.69 Å². The summed E-state index contributed by atoms with van der Waals surface area (Å²) in [6, 6.07) is 0. The SMILES string of the molecule is N=Nc1c[nH]oc1=O. The quantitative estimate of drug-likeness (QED) is 0.523. The molecule has 0 aliphatic carbocycles. The molecule has 0 bridgehead atoms. The average Bonchev–Trinajstić information content (AvgIpc) is 2.14. The zero-order valence-electron chi connectivity index (χ0n) is 3.84. The topological polar surface area (TPSA) is 82.2 Å². The third kappa shape index (κ3) is 0.534. The molecule has 5 heteroatoms. The number of hydrogen-bond acceptors (Lipinski definition) is 4. The lowest BCUT2D eigenvalue weighted by Gasteiger charge is -1.64. The molecule has 5 nitrogen and oxygen atoms in total. The van der Waals surface area contributed by atoms with Crippen LogP contribution in [0.25, 0.3) is 0 Å². The van der Waals surface area contributed by atoms with Gasteiger partial charge < -0.3 is 4.52 Å². The number of aromatic nitrogens is 1. The number of hydrogen-bond donors (Lipinski definition) is 2. The van der Waals surface area contributed by atoms with Crippen LogP contribution in [0.1, 0.15) is 0 Å². The normalized spacial score (nSPS) is 9.00. The molecule has 42 valence electrons. The number of H-pyrrole nitrogens is 1. The average molecular weight is 113 g/mol. The maximum atomic E-state index is 10.2. The van der Waals surface area contributed by atoms with Gasteiger partial charge in [0.1, 0.15) is 0 Å². The Morgan fingerprint density at radius 2 is 2.62 bits per heavy atom. The smallest absolute Gasteiger partial charge is 0.337 e. The lowest BCUT2D eigenvalue weighted by atomic mass is 10.6. The highest BCUT2D eigenvalue weighted by molar-refractivity contribution is 5.25. The molecule has 0 spiro atoms. The molecule has 0 unspecified atom stereocenters. The van der Waals surface area contributed by atoms with Crippen molar-refractivity contribution in [2.75, 3.05) is 0 Å². The third-order valence-corrected chi connectivity index (χ3v) is 0.677. The predicted octanol–water partition coefficient (Wildman–Crippen LogP) is 0.630. The zero-order chi connectivity index (χ0) is 5.98. The van der Waals surface area contributed by atoms with Crippen LogP contribution < -0.4 is 5.63 Å². The fraction of sp³-hybridized carbons (Fsp3) is 0. The Morgan fingerprint density at radius 1 is 1.88 bits per heavy atom. The summed E-state index contributed by atoms with van der Waals surface area (Å²) in [5.41, 5.74) is 5.73. The molecule has 1 aromatic heterocycles. The van der Waals surface area contributed by atoms with Crippen LogP contribution in [-0.2, 0) is 0 Å². The maximum absolute atomic E-state index is 10.2. The van der Waals surface area contributed by atoms with E-state index < -0.39 is 5.63 Å². The summed E-state index contributed by atoms with van der Waals surface area (Å²) in [5, 5.41) is 4.99. The van der Waals surface area contributed by atoms with Gasteiger partial charge in [-0.3, -0.25) is 0 Å². The van der Waals surface area contributed by atoms with Crippen LogP contribution in [-0.4, -0.2) is 5.16 Å². The van der Waals surface area contributed by atoms with Crippen molar-refractivity contribution in [2.45, 2.75) is 0 Å². The number of nitrogens with one attached hydrogen (secondary N) is 2. The molecule has 0 aliphatic rings. The van der Waals surface area contributed by atoms with Gasteiger partial charge in [-0.25, -0.2) is 15.5 Å². The van der Waals surface area contributed by atoms with Gasteiger partial charge in [0.25, 0.3) is 0 Å². The molecule has 0 saturated heterocycles. The van der Waals surface area contributed by atoms with E-state index in [2.05, 4.69) is 14.8 Å². The summed E-state index contributed by atoms with van der Waals surface area (Å²) in [6.45, 7) is 0. The van der Waals surface area contributed by atoms with E-state index in [1.54, 1.807) is 0 Å². The summed E-state index contributed by atoms with van der Waals surface area (Å²) in [6.07, 6.45) is 1.22. The summed E-state index contributed by atoms with van der Waals surface area (Å²) in [7, 11) is 0. The lowest BCUT2D eigenvalue weighted by molar-refractivity contribution is 0.392. The second kappa shape index (κ2) is 1.61. The van der Waals surface area contributed by atoms with E-state index in [0.717, 1.165) is 0 Å². The fourth-order valence-electron chi connectivity index (χ4n) is 0.328. The van der Waals surface area contributed by atoms with Crippen LogP contribution in [0, 0.1) is 5.53 Å². The van der Waals surface area contributed by atoms with Gasteiger partial charge in [-0.15, -0.1) is 5.11 Å². The third-order valence-electron chi connectivity index (χ3n) is 0.677. The number of aromatic amines is 1. The summed E-state index contributed by atoms with van der Waals surface area (Å²) in [5.74, 6) is 0. The van der Waals surface area contributed by atoms with Gasteiger partial charge in [0, 0.05) is 0 Å². The van der Waals surface area contributed by atoms with E-state index in [4.69, 9.17) is 5.53 Å². The summed E-state index contributed by atoms with van der Waals surface area (Å²) in [4.78, 5) is 10.2. The molecule has 1 aromatic rings. The first-order chi connectivity index (χ1) is 3.84. The number of rotatable bonds is 1. The van der Waals surface area contributed by atoms with Crippen LogP contribution >= 0.6 is 0 Å².